The maximum Gasteiger partial charge on any atom is 0.408 e. The smallest absolute Gasteiger partial charge is 0.408 e. The third-order valence-electron chi connectivity index (χ3n) is 5.15. The fourth-order valence-electron chi connectivity index (χ4n) is 4.12. The summed E-state index contributed by atoms with van der Waals surface area (Å²) in [6.45, 7) is 21.1. The third-order valence-corrected chi connectivity index (χ3v) is 11.2. The number of alkyl carbamates (subject to hydrolysis) is 1. The minimum Gasteiger partial charge on any atom is -0.496 e. The molecular weight excluding hydrogens is 346 g/mol. The Balaban J connectivity index is 3.07. The van der Waals surface area contributed by atoms with Gasteiger partial charge < -0.3 is 19.2 Å². The normalized spacial score (nSPS) is 24.1. The van der Waals surface area contributed by atoms with Crippen LogP contribution in [0.1, 0.15) is 69.2 Å². The molecule has 26 heavy (non-hydrogen) atoms. The average Bonchev–Trinajstić information content (AvgIpc) is 2.44. The second-order valence-corrected chi connectivity index (χ2v) is 14.6. The standard InChI is InChI=1S/C20H39NO4Si/c1-13(2)26(14(3)4,15(5)6)25-17-11-12-23-16(7)18(17)21-19(22)24-20(8,9)10/h11-18H,1-10H3,(H,21,22)/t16-,17-,18-/m1/s1. The summed E-state index contributed by atoms with van der Waals surface area (Å²) in [5, 5.41) is 2.97. The van der Waals surface area contributed by atoms with Crippen molar-refractivity contribution >= 4 is 14.4 Å². The summed E-state index contributed by atoms with van der Waals surface area (Å²) < 4.78 is 17.9. The van der Waals surface area contributed by atoms with Crippen LogP contribution in [-0.4, -0.2) is 38.3 Å². The molecule has 1 aliphatic rings. The molecule has 3 atom stereocenters. The van der Waals surface area contributed by atoms with Crippen molar-refractivity contribution in [1.29, 1.82) is 0 Å². The molecule has 6 heteroatoms. The lowest BCUT2D eigenvalue weighted by molar-refractivity contribution is 0.0171. The van der Waals surface area contributed by atoms with Crippen LogP contribution in [-0.2, 0) is 13.9 Å². The number of carbonyl (C=O) groups excluding carboxylic acids is 1. The molecule has 1 amide bonds. The number of ether oxygens (including phenoxy) is 2. The van der Waals surface area contributed by atoms with Crippen molar-refractivity contribution in [2.24, 2.45) is 0 Å². The molecular formula is C20H39NO4Si. The summed E-state index contributed by atoms with van der Waals surface area (Å²) in [5.74, 6) is 0. The van der Waals surface area contributed by atoms with E-state index in [1.807, 2.05) is 33.8 Å². The van der Waals surface area contributed by atoms with E-state index >= 15 is 0 Å². The van der Waals surface area contributed by atoms with Gasteiger partial charge in [-0.05, 0) is 50.4 Å². The first-order valence-corrected chi connectivity index (χ1v) is 11.9. The van der Waals surface area contributed by atoms with Crippen LogP contribution in [0.3, 0.4) is 0 Å². The summed E-state index contributed by atoms with van der Waals surface area (Å²) in [4.78, 5) is 12.3. The van der Waals surface area contributed by atoms with Crippen molar-refractivity contribution in [3.05, 3.63) is 12.3 Å². The molecule has 0 spiro atoms. The van der Waals surface area contributed by atoms with Crippen LogP contribution >= 0.6 is 0 Å². The Morgan fingerprint density at radius 2 is 1.58 bits per heavy atom. The van der Waals surface area contributed by atoms with Gasteiger partial charge >= 0.3 is 6.09 Å². The molecule has 152 valence electrons. The van der Waals surface area contributed by atoms with E-state index in [0.717, 1.165) is 0 Å². The number of hydrogen-bond acceptors (Lipinski definition) is 4. The van der Waals surface area contributed by atoms with Crippen LogP contribution in [0.5, 0.6) is 0 Å². The van der Waals surface area contributed by atoms with Crippen LogP contribution in [0.25, 0.3) is 0 Å². The van der Waals surface area contributed by atoms with E-state index in [2.05, 4.69) is 46.9 Å². The monoisotopic (exact) mass is 385 g/mol. The van der Waals surface area contributed by atoms with Gasteiger partial charge in [0.15, 0.2) is 0 Å². The van der Waals surface area contributed by atoms with Crippen molar-refractivity contribution in [3.63, 3.8) is 0 Å². The lowest BCUT2D eigenvalue weighted by Crippen LogP contribution is -2.58. The van der Waals surface area contributed by atoms with E-state index in [4.69, 9.17) is 13.9 Å². The lowest BCUT2D eigenvalue weighted by atomic mass is 10.0. The molecule has 0 saturated heterocycles. The Morgan fingerprint density at radius 1 is 1.08 bits per heavy atom. The van der Waals surface area contributed by atoms with E-state index in [1.54, 1.807) is 6.26 Å². The van der Waals surface area contributed by atoms with Gasteiger partial charge in [-0.3, -0.25) is 0 Å². The zero-order valence-electron chi connectivity index (χ0n) is 18.3. The van der Waals surface area contributed by atoms with Crippen molar-refractivity contribution < 1.29 is 18.7 Å². The lowest BCUT2D eigenvalue weighted by Gasteiger charge is -2.46. The van der Waals surface area contributed by atoms with Crippen LogP contribution in [0.4, 0.5) is 4.79 Å². The van der Waals surface area contributed by atoms with Gasteiger partial charge in [0, 0.05) is 0 Å². The van der Waals surface area contributed by atoms with Gasteiger partial charge in [0.05, 0.1) is 18.4 Å². The highest BCUT2D eigenvalue weighted by Crippen LogP contribution is 2.43. The number of nitrogens with one attached hydrogen (secondary N) is 1. The average molecular weight is 386 g/mol. The molecule has 1 N–H and O–H groups in total. The third kappa shape index (κ3) is 5.49. The molecule has 0 fully saturated rings. The van der Waals surface area contributed by atoms with Crippen LogP contribution < -0.4 is 5.32 Å². The van der Waals surface area contributed by atoms with Crippen LogP contribution in [0.2, 0.25) is 16.6 Å². The second kappa shape index (κ2) is 8.78. The predicted molar refractivity (Wildman–Crippen MR) is 109 cm³/mol. The van der Waals surface area contributed by atoms with E-state index in [0.29, 0.717) is 16.6 Å². The highest BCUT2D eigenvalue weighted by Gasteiger charge is 2.48. The zero-order valence-corrected chi connectivity index (χ0v) is 19.3. The number of amides is 1. The number of carbonyl (C=O) groups is 1. The Labute approximate surface area is 161 Å². The fourth-order valence-corrected chi connectivity index (χ4v) is 9.63. The van der Waals surface area contributed by atoms with Gasteiger partial charge in [0.25, 0.3) is 0 Å². The van der Waals surface area contributed by atoms with Gasteiger partial charge in [-0.15, -0.1) is 0 Å². The van der Waals surface area contributed by atoms with E-state index in [1.165, 1.54) is 0 Å². The molecule has 0 aromatic rings. The number of rotatable bonds is 6. The minimum absolute atomic E-state index is 0.185. The molecule has 0 saturated carbocycles. The maximum absolute atomic E-state index is 12.3. The molecule has 0 radical (unpaired) electrons. The molecule has 1 rings (SSSR count). The van der Waals surface area contributed by atoms with E-state index in [-0.39, 0.29) is 18.2 Å². The molecule has 0 aromatic heterocycles. The number of hydrogen-bond donors (Lipinski definition) is 1. The Hall–Kier alpha value is -1.01. The first kappa shape index (κ1) is 23.0. The van der Waals surface area contributed by atoms with Crippen LogP contribution in [0, 0.1) is 0 Å². The van der Waals surface area contributed by atoms with E-state index < -0.39 is 20.0 Å². The Bertz CT molecular complexity index is 475. The van der Waals surface area contributed by atoms with Gasteiger partial charge in [-0.25, -0.2) is 4.79 Å². The van der Waals surface area contributed by atoms with Gasteiger partial charge in [0.1, 0.15) is 11.7 Å². The SMILES string of the molecule is CC(C)[Si](O[C@@H]1C=CO[C@H](C)[C@H]1NC(=O)OC(C)(C)C)(C(C)C)C(C)C. The maximum atomic E-state index is 12.3. The highest BCUT2D eigenvalue weighted by molar-refractivity contribution is 6.77. The molecule has 1 heterocycles. The quantitative estimate of drug-likeness (QED) is 0.624. The second-order valence-electron chi connectivity index (χ2n) is 9.24. The van der Waals surface area contributed by atoms with Gasteiger partial charge in [0.2, 0.25) is 8.32 Å². The molecule has 0 bridgehead atoms. The van der Waals surface area contributed by atoms with Crippen molar-refractivity contribution in [1.82, 2.24) is 5.32 Å². The van der Waals surface area contributed by atoms with Gasteiger partial charge in [-0.1, -0.05) is 41.5 Å². The topological polar surface area (TPSA) is 56.8 Å². The summed E-state index contributed by atoms with van der Waals surface area (Å²) in [6.07, 6.45) is 2.79. The summed E-state index contributed by atoms with van der Waals surface area (Å²) in [7, 11) is -2.08. The largest absolute Gasteiger partial charge is 0.496 e. The van der Waals surface area contributed by atoms with Gasteiger partial charge in [-0.2, -0.15) is 0 Å². The van der Waals surface area contributed by atoms with E-state index in [9.17, 15) is 4.79 Å². The predicted octanol–water partition coefficient (Wildman–Crippen LogP) is 5.37. The summed E-state index contributed by atoms with van der Waals surface area (Å²) in [6, 6.07) is -0.280. The Morgan fingerprint density at radius 3 is 2.00 bits per heavy atom. The highest BCUT2D eigenvalue weighted by atomic mass is 28.4. The molecule has 0 aromatic carbocycles. The minimum atomic E-state index is -2.08. The summed E-state index contributed by atoms with van der Waals surface area (Å²) in [5.41, 5.74) is 0.866. The Kier molecular flexibility index (Phi) is 7.78. The first-order chi connectivity index (χ1) is 11.8. The van der Waals surface area contributed by atoms with Crippen molar-refractivity contribution in [2.75, 3.05) is 0 Å². The molecule has 1 aliphatic heterocycles. The molecule has 5 nitrogen and oxygen atoms in total. The van der Waals surface area contributed by atoms with Crippen LogP contribution in [0.15, 0.2) is 12.3 Å². The fraction of sp³-hybridized carbons (Fsp3) is 0.850. The summed E-state index contributed by atoms with van der Waals surface area (Å²) >= 11 is 0. The zero-order chi connectivity index (χ0) is 20.3. The molecule has 0 unspecified atom stereocenters. The first-order valence-electron chi connectivity index (χ1n) is 9.80. The molecule has 0 aliphatic carbocycles. The van der Waals surface area contributed by atoms with Crippen molar-refractivity contribution in [2.45, 2.75) is 110 Å². The van der Waals surface area contributed by atoms with Crippen molar-refractivity contribution in [3.8, 4) is 0 Å².